The lowest BCUT2D eigenvalue weighted by Crippen LogP contribution is -2.39. The number of carbonyl (C=O) groups excluding carboxylic acids is 2. The van der Waals surface area contributed by atoms with Crippen LogP contribution in [0, 0.1) is 0 Å². The maximum Gasteiger partial charge on any atom is 0.243 e. The summed E-state index contributed by atoms with van der Waals surface area (Å²) in [6.45, 7) is 0.124. The van der Waals surface area contributed by atoms with E-state index in [9.17, 15) is 9.59 Å². The van der Waals surface area contributed by atoms with Gasteiger partial charge in [-0.3, -0.25) is 9.59 Å². The predicted octanol–water partition coefficient (Wildman–Crippen LogP) is 1.84. The van der Waals surface area contributed by atoms with Crippen LogP contribution in [0.2, 0.25) is 0 Å². The molecule has 0 saturated carbocycles. The highest BCUT2D eigenvalue weighted by Gasteiger charge is 2.15. The van der Waals surface area contributed by atoms with Crippen molar-refractivity contribution in [3.8, 4) is 0 Å². The molecule has 2 rings (SSSR count). The maximum absolute atomic E-state index is 12.1. The van der Waals surface area contributed by atoms with E-state index >= 15 is 0 Å². The highest BCUT2D eigenvalue weighted by atomic mass is 32.1. The second-order valence-corrected chi connectivity index (χ2v) is 5.93. The van der Waals surface area contributed by atoms with E-state index in [4.69, 9.17) is 10.5 Å². The fourth-order valence-electron chi connectivity index (χ4n) is 1.95. The van der Waals surface area contributed by atoms with Gasteiger partial charge in [0.25, 0.3) is 0 Å². The molecule has 1 aromatic heterocycles. The SMILES string of the molecule is COCC(N)C(=O)Nc1ccccc1NC(=O)Cc1cccs1. The summed E-state index contributed by atoms with van der Waals surface area (Å²) in [6.07, 6.45) is 0.295. The molecular weight excluding hydrogens is 314 g/mol. The molecule has 2 amide bonds. The number of methoxy groups -OCH3 is 1. The van der Waals surface area contributed by atoms with Crippen molar-refractivity contribution in [1.82, 2.24) is 0 Å². The van der Waals surface area contributed by atoms with Gasteiger partial charge in [-0.05, 0) is 23.6 Å². The van der Waals surface area contributed by atoms with Crippen LogP contribution >= 0.6 is 11.3 Å². The first-order valence-electron chi connectivity index (χ1n) is 7.07. The fourth-order valence-corrected chi connectivity index (χ4v) is 2.65. The normalized spacial score (nSPS) is 11.7. The number of anilines is 2. The third kappa shape index (κ3) is 5.17. The van der Waals surface area contributed by atoms with Gasteiger partial charge >= 0.3 is 0 Å². The Morgan fingerprint density at radius 3 is 2.48 bits per heavy atom. The summed E-state index contributed by atoms with van der Waals surface area (Å²) in [5.74, 6) is -0.512. The van der Waals surface area contributed by atoms with Gasteiger partial charge in [0.15, 0.2) is 0 Å². The molecule has 1 atom stereocenters. The highest BCUT2D eigenvalue weighted by Crippen LogP contribution is 2.21. The second-order valence-electron chi connectivity index (χ2n) is 4.90. The van der Waals surface area contributed by atoms with Gasteiger partial charge in [0.2, 0.25) is 11.8 Å². The molecule has 1 heterocycles. The lowest BCUT2D eigenvalue weighted by atomic mass is 10.2. The Balaban J connectivity index is 2.02. The number of para-hydroxylation sites is 2. The van der Waals surface area contributed by atoms with E-state index in [1.165, 1.54) is 18.4 Å². The molecule has 0 aliphatic heterocycles. The average molecular weight is 333 g/mol. The van der Waals surface area contributed by atoms with Gasteiger partial charge in [0, 0.05) is 12.0 Å². The molecule has 0 saturated heterocycles. The van der Waals surface area contributed by atoms with Crippen LogP contribution in [-0.2, 0) is 20.7 Å². The molecule has 1 unspecified atom stereocenters. The van der Waals surface area contributed by atoms with Crippen LogP contribution in [0.3, 0.4) is 0 Å². The van der Waals surface area contributed by atoms with Crippen LogP contribution in [-0.4, -0.2) is 31.6 Å². The molecule has 1 aromatic carbocycles. The predicted molar refractivity (Wildman–Crippen MR) is 91.6 cm³/mol. The Kier molecular flexibility index (Phi) is 6.28. The Labute approximate surface area is 138 Å². The van der Waals surface area contributed by atoms with Crippen LogP contribution in [0.25, 0.3) is 0 Å². The van der Waals surface area contributed by atoms with Crippen molar-refractivity contribution < 1.29 is 14.3 Å². The van der Waals surface area contributed by atoms with Crippen molar-refractivity contribution >= 4 is 34.5 Å². The fraction of sp³-hybridized carbons (Fsp3) is 0.250. The van der Waals surface area contributed by atoms with E-state index in [0.29, 0.717) is 17.8 Å². The summed E-state index contributed by atoms with van der Waals surface area (Å²) in [5.41, 5.74) is 6.73. The largest absolute Gasteiger partial charge is 0.383 e. The summed E-state index contributed by atoms with van der Waals surface area (Å²) in [6, 6.07) is 10.0. The number of nitrogens with one attached hydrogen (secondary N) is 2. The molecule has 0 radical (unpaired) electrons. The number of ether oxygens (including phenoxy) is 1. The number of amides is 2. The van der Waals surface area contributed by atoms with Crippen molar-refractivity contribution in [2.24, 2.45) is 5.73 Å². The first kappa shape index (κ1) is 17.1. The van der Waals surface area contributed by atoms with Gasteiger partial charge in [-0.1, -0.05) is 18.2 Å². The van der Waals surface area contributed by atoms with Crippen molar-refractivity contribution in [3.05, 3.63) is 46.7 Å². The molecular formula is C16H19N3O3S. The van der Waals surface area contributed by atoms with Gasteiger partial charge in [-0.15, -0.1) is 11.3 Å². The minimum absolute atomic E-state index is 0.124. The Hall–Kier alpha value is -2.22. The van der Waals surface area contributed by atoms with Crippen molar-refractivity contribution in [1.29, 1.82) is 0 Å². The number of nitrogens with two attached hydrogens (primary N) is 1. The molecule has 0 bridgehead atoms. The van der Waals surface area contributed by atoms with Crippen LogP contribution in [0.5, 0.6) is 0 Å². The highest BCUT2D eigenvalue weighted by molar-refractivity contribution is 7.10. The summed E-state index contributed by atoms with van der Waals surface area (Å²) >= 11 is 1.53. The van der Waals surface area contributed by atoms with Gasteiger partial charge in [0.1, 0.15) is 6.04 Å². The molecule has 0 spiro atoms. The van der Waals surface area contributed by atoms with Crippen LogP contribution < -0.4 is 16.4 Å². The molecule has 0 aliphatic carbocycles. The molecule has 7 heteroatoms. The summed E-state index contributed by atoms with van der Waals surface area (Å²) < 4.78 is 4.86. The minimum atomic E-state index is -0.769. The van der Waals surface area contributed by atoms with Crippen LogP contribution in [0.4, 0.5) is 11.4 Å². The maximum atomic E-state index is 12.1. The number of hydrogen-bond acceptors (Lipinski definition) is 5. The summed E-state index contributed by atoms with van der Waals surface area (Å²) in [4.78, 5) is 25.0. The monoisotopic (exact) mass is 333 g/mol. The second kappa shape index (κ2) is 8.42. The lowest BCUT2D eigenvalue weighted by Gasteiger charge is -2.15. The molecule has 2 aromatic rings. The zero-order valence-electron chi connectivity index (χ0n) is 12.7. The van der Waals surface area contributed by atoms with Gasteiger partial charge in [-0.2, -0.15) is 0 Å². The Bertz CT molecular complexity index is 658. The smallest absolute Gasteiger partial charge is 0.243 e. The molecule has 0 fully saturated rings. The molecule has 23 heavy (non-hydrogen) atoms. The zero-order chi connectivity index (χ0) is 16.7. The summed E-state index contributed by atoms with van der Waals surface area (Å²) in [5, 5.41) is 7.43. The average Bonchev–Trinajstić information content (AvgIpc) is 3.02. The third-order valence-electron chi connectivity index (χ3n) is 3.06. The Morgan fingerprint density at radius 1 is 1.17 bits per heavy atom. The third-order valence-corrected chi connectivity index (χ3v) is 3.93. The minimum Gasteiger partial charge on any atom is -0.383 e. The Morgan fingerprint density at radius 2 is 1.87 bits per heavy atom. The van der Waals surface area contributed by atoms with E-state index in [0.717, 1.165) is 4.88 Å². The number of hydrogen-bond donors (Lipinski definition) is 3. The van der Waals surface area contributed by atoms with E-state index in [2.05, 4.69) is 10.6 Å². The molecule has 122 valence electrons. The van der Waals surface area contributed by atoms with Crippen LogP contribution in [0.15, 0.2) is 41.8 Å². The standard InChI is InChI=1S/C16H19N3O3S/c1-22-10-12(17)16(21)19-14-7-3-2-6-13(14)18-15(20)9-11-5-4-8-23-11/h2-8,12H,9-10,17H2,1H3,(H,18,20)(H,19,21). The number of rotatable bonds is 7. The van der Waals surface area contributed by atoms with E-state index in [1.54, 1.807) is 24.3 Å². The van der Waals surface area contributed by atoms with Crippen molar-refractivity contribution in [2.75, 3.05) is 24.4 Å². The number of thiophene rings is 1. The first-order chi connectivity index (χ1) is 11.1. The van der Waals surface area contributed by atoms with Gasteiger partial charge < -0.3 is 21.1 Å². The van der Waals surface area contributed by atoms with Crippen molar-refractivity contribution in [2.45, 2.75) is 12.5 Å². The van der Waals surface area contributed by atoms with E-state index < -0.39 is 6.04 Å². The topological polar surface area (TPSA) is 93.4 Å². The molecule has 6 nitrogen and oxygen atoms in total. The number of benzene rings is 1. The van der Waals surface area contributed by atoms with Crippen LogP contribution in [0.1, 0.15) is 4.88 Å². The zero-order valence-corrected chi connectivity index (χ0v) is 13.6. The lowest BCUT2D eigenvalue weighted by molar-refractivity contribution is -0.118. The van der Waals surface area contributed by atoms with Gasteiger partial charge in [0.05, 0.1) is 24.4 Å². The summed E-state index contributed by atoms with van der Waals surface area (Å²) in [7, 11) is 1.48. The van der Waals surface area contributed by atoms with E-state index in [1.807, 2.05) is 17.5 Å². The van der Waals surface area contributed by atoms with Gasteiger partial charge in [-0.25, -0.2) is 0 Å². The quantitative estimate of drug-likeness (QED) is 0.721. The van der Waals surface area contributed by atoms with E-state index in [-0.39, 0.29) is 18.4 Å². The van der Waals surface area contributed by atoms with Crippen molar-refractivity contribution in [3.63, 3.8) is 0 Å². The first-order valence-corrected chi connectivity index (χ1v) is 7.94. The molecule has 0 aliphatic rings. The number of carbonyl (C=O) groups is 2. The molecule has 4 N–H and O–H groups in total.